The summed E-state index contributed by atoms with van der Waals surface area (Å²) in [7, 11) is -3.26. The van der Waals surface area contributed by atoms with Gasteiger partial charge in [0.15, 0.2) is 0 Å². The number of rotatable bonds is 4. The summed E-state index contributed by atoms with van der Waals surface area (Å²) in [6.45, 7) is 2.02. The van der Waals surface area contributed by atoms with E-state index in [0.29, 0.717) is 31.3 Å². The highest BCUT2D eigenvalue weighted by Crippen LogP contribution is 2.34. The largest absolute Gasteiger partial charge is 0.376 e. The van der Waals surface area contributed by atoms with Crippen LogP contribution in [0.1, 0.15) is 16.9 Å². The molecule has 1 amide bonds. The molecule has 1 N–H and O–H groups in total. The van der Waals surface area contributed by atoms with Gasteiger partial charge in [0, 0.05) is 25.6 Å². The second-order valence-corrected chi connectivity index (χ2v) is 8.52. The summed E-state index contributed by atoms with van der Waals surface area (Å²) in [6.07, 6.45) is 1.75. The number of amides is 1. The van der Waals surface area contributed by atoms with Crippen LogP contribution in [0.15, 0.2) is 18.2 Å². The Labute approximate surface area is 146 Å². The molecule has 0 aliphatic carbocycles. The lowest BCUT2D eigenvalue weighted by Gasteiger charge is -2.35. The molecule has 2 fully saturated rings. The van der Waals surface area contributed by atoms with E-state index in [9.17, 15) is 13.2 Å². The van der Waals surface area contributed by atoms with Crippen LogP contribution < -0.4 is 4.72 Å². The molecule has 0 bridgehead atoms. The van der Waals surface area contributed by atoms with E-state index in [2.05, 4.69) is 9.71 Å². The number of ether oxygens (including phenoxy) is 1. The summed E-state index contributed by atoms with van der Waals surface area (Å²) in [4.78, 5) is 18.4. The third-order valence-electron chi connectivity index (χ3n) is 4.58. The minimum absolute atomic E-state index is 0.121. The van der Waals surface area contributed by atoms with Gasteiger partial charge in [-0.3, -0.25) is 4.79 Å². The van der Waals surface area contributed by atoms with Crippen molar-refractivity contribution in [1.29, 1.82) is 0 Å². The van der Waals surface area contributed by atoms with E-state index in [0.717, 1.165) is 12.7 Å². The molecule has 3 atom stereocenters. The maximum atomic E-state index is 12.6. The Kier molecular flexibility index (Phi) is 5.10. The Hall–Kier alpha value is -1.22. The SMILES string of the molecule is CS(=O)(=O)NC[C@H]1OC[C@@H]2CCN(C(=O)c3cccc(Cl)n3)C[C@@H]21. The van der Waals surface area contributed by atoms with E-state index in [-0.39, 0.29) is 29.6 Å². The zero-order valence-electron chi connectivity index (χ0n) is 13.3. The first-order valence-corrected chi connectivity index (χ1v) is 10.1. The van der Waals surface area contributed by atoms with Crippen molar-refractivity contribution in [3.63, 3.8) is 0 Å². The third kappa shape index (κ3) is 4.05. The number of fused-ring (bicyclic) bond motifs is 1. The first-order valence-electron chi connectivity index (χ1n) is 7.81. The molecule has 1 aromatic rings. The highest BCUT2D eigenvalue weighted by molar-refractivity contribution is 7.88. The number of sulfonamides is 1. The van der Waals surface area contributed by atoms with Crippen molar-refractivity contribution in [1.82, 2.24) is 14.6 Å². The molecule has 3 rings (SSSR count). The van der Waals surface area contributed by atoms with E-state index in [1.165, 1.54) is 0 Å². The number of hydrogen-bond acceptors (Lipinski definition) is 5. The summed E-state index contributed by atoms with van der Waals surface area (Å²) in [5.41, 5.74) is 0.325. The fourth-order valence-corrected chi connectivity index (χ4v) is 3.98. The fourth-order valence-electron chi connectivity index (χ4n) is 3.35. The van der Waals surface area contributed by atoms with Gasteiger partial charge in [-0.25, -0.2) is 18.1 Å². The maximum Gasteiger partial charge on any atom is 0.272 e. The maximum absolute atomic E-state index is 12.6. The standard InChI is InChI=1S/C15H20ClN3O4S/c1-24(21,22)17-7-13-11-8-19(6-5-10(11)9-23-13)15(20)12-3-2-4-14(16)18-12/h2-4,10-11,13,17H,5-9H2,1H3/t10-,11-,13+/m0/s1. The molecular weight excluding hydrogens is 354 g/mol. The van der Waals surface area contributed by atoms with Crippen molar-refractivity contribution in [2.45, 2.75) is 12.5 Å². The fraction of sp³-hybridized carbons (Fsp3) is 0.600. The summed E-state index contributed by atoms with van der Waals surface area (Å²) in [5.74, 6) is 0.321. The number of halogens is 1. The third-order valence-corrected chi connectivity index (χ3v) is 5.48. The predicted molar refractivity (Wildman–Crippen MR) is 89.3 cm³/mol. The van der Waals surface area contributed by atoms with Gasteiger partial charge in [-0.05, 0) is 24.5 Å². The van der Waals surface area contributed by atoms with Crippen molar-refractivity contribution < 1.29 is 17.9 Å². The average Bonchev–Trinajstić information content (AvgIpc) is 2.94. The number of piperidine rings is 1. The van der Waals surface area contributed by atoms with Crippen LogP contribution in [0.25, 0.3) is 0 Å². The minimum Gasteiger partial charge on any atom is -0.376 e. The summed E-state index contributed by atoms with van der Waals surface area (Å²) >= 11 is 5.86. The lowest BCUT2D eigenvalue weighted by molar-refractivity contribution is 0.0558. The molecule has 9 heteroatoms. The molecule has 0 unspecified atom stereocenters. The van der Waals surface area contributed by atoms with E-state index in [1.807, 2.05) is 0 Å². The first kappa shape index (κ1) is 17.6. The number of carbonyl (C=O) groups excluding carboxylic acids is 1. The number of nitrogens with one attached hydrogen (secondary N) is 1. The Balaban J connectivity index is 1.67. The average molecular weight is 374 g/mol. The van der Waals surface area contributed by atoms with Crippen LogP contribution in [-0.4, -0.2) is 62.8 Å². The molecule has 24 heavy (non-hydrogen) atoms. The molecule has 132 valence electrons. The van der Waals surface area contributed by atoms with Gasteiger partial charge < -0.3 is 9.64 Å². The van der Waals surface area contributed by atoms with Gasteiger partial charge >= 0.3 is 0 Å². The number of hydrogen-bond donors (Lipinski definition) is 1. The van der Waals surface area contributed by atoms with E-state index >= 15 is 0 Å². The molecule has 0 saturated carbocycles. The van der Waals surface area contributed by atoms with Gasteiger partial charge in [-0.15, -0.1) is 0 Å². The van der Waals surface area contributed by atoms with Crippen LogP contribution in [0.5, 0.6) is 0 Å². The normalized spacial score (nSPS) is 27.1. The highest BCUT2D eigenvalue weighted by Gasteiger charge is 2.42. The lowest BCUT2D eigenvalue weighted by atomic mass is 9.84. The van der Waals surface area contributed by atoms with Crippen molar-refractivity contribution in [2.75, 3.05) is 32.5 Å². The van der Waals surface area contributed by atoms with E-state index in [1.54, 1.807) is 23.1 Å². The van der Waals surface area contributed by atoms with Crippen LogP contribution >= 0.6 is 11.6 Å². The second kappa shape index (κ2) is 6.95. The number of aromatic nitrogens is 1. The number of nitrogens with zero attached hydrogens (tertiary/aromatic N) is 2. The summed E-state index contributed by atoms with van der Waals surface area (Å²) < 4.78 is 30.8. The number of carbonyl (C=O) groups is 1. The van der Waals surface area contributed by atoms with Crippen LogP contribution in [-0.2, 0) is 14.8 Å². The van der Waals surface area contributed by atoms with Crippen LogP contribution in [0.3, 0.4) is 0 Å². The second-order valence-electron chi connectivity index (χ2n) is 6.30. The molecule has 0 radical (unpaired) electrons. The van der Waals surface area contributed by atoms with Crippen molar-refractivity contribution in [3.8, 4) is 0 Å². The van der Waals surface area contributed by atoms with Crippen LogP contribution in [0, 0.1) is 11.8 Å². The smallest absolute Gasteiger partial charge is 0.272 e. The van der Waals surface area contributed by atoms with Gasteiger partial charge in [0.1, 0.15) is 10.8 Å². The Morgan fingerprint density at radius 3 is 3.00 bits per heavy atom. The topological polar surface area (TPSA) is 88.6 Å². The molecule has 0 aromatic carbocycles. The van der Waals surface area contributed by atoms with Gasteiger partial charge in [0.05, 0.1) is 19.0 Å². The molecule has 2 saturated heterocycles. The first-order chi connectivity index (χ1) is 11.3. The molecular formula is C15H20ClN3O4S. The van der Waals surface area contributed by atoms with Crippen molar-refractivity contribution >= 4 is 27.5 Å². The van der Waals surface area contributed by atoms with E-state index < -0.39 is 10.0 Å². The Morgan fingerprint density at radius 2 is 2.29 bits per heavy atom. The van der Waals surface area contributed by atoms with Gasteiger partial charge in [0.25, 0.3) is 5.91 Å². The van der Waals surface area contributed by atoms with E-state index in [4.69, 9.17) is 16.3 Å². The lowest BCUT2D eigenvalue weighted by Crippen LogP contribution is -2.47. The molecule has 2 aliphatic rings. The minimum atomic E-state index is -3.26. The Morgan fingerprint density at radius 1 is 1.50 bits per heavy atom. The molecule has 7 nitrogen and oxygen atoms in total. The quantitative estimate of drug-likeness (QED) is 0.787. The number of pyridine rings is 1. The van der Waals surface area contributed by atoms with Gasteiger partial charge in [0.2, 0.25) is 10.0 Å². The Bertz CT molecular complexity index is 727. The summed E-state index contributed by atoms with van der Waals surface area (Å²) in [5, 5.41) is 0.287. The van der Waals surface area contributed by atoms with Gasteiger partial charge in [-0.1, -0.05) is 17.7 Å². The monoisotopic (exact) mass is 373 g/mol. The zero-order valence-corrected chi connectivity index (χ0v) is 14.9. The van der Waals surface area contributed by atoms with Crippen LogP contribution in [0.2, 0.25) is 5.15 Å². The van der Waals surface area contributed by atoms with Crippen molar-refractivity contribution in [2.24, 2.45) is 11.8 Å². The molecule has 3 heterocycles. The predicted octanol–water partition coefficient (Wildman–Crippen LogP) is 0.761. The zero-order chi connectivity index (χ0) is 17.3. The molecule has 2 aliphatic heterocycles. The number of likely N-dealkylation sites (tertiary alicyclic amines) is 1. The van der Waals surface area contributed by atoms with Gasteiger partial charge in [-0.2, -0.15) is 0 Å². The highest BCUT2D eigenvalue weighted by atomic mass is 35.5. The summed E-state index contributed by atoms with van der Waals surface area (Å²) in [6, 6.07) is 4.98. The van der Waals surface area contributed by atoms with Crippen LogP contribution in [0.4, 0.5) is 0 Å². The molecule has 0 spiro atoms. The van der Waals surface area contributed by atoms with Crippen molar-refractivity contribution in [3.05, 3.63) is 29.0 Å². The molecule has 1 aromatic heterocycles.